The highest BCUT2D eigenvalue weighted by atomic mass is 16.5. The van der Waals surface area contributed by atoms with Gasteiger partial charge >= 0.3 is 0 Å². The van der Waals surface area contributed by atoms with Gasteiger partial charge in [0.25, 0.3) is 0 Å². The van der Waals surface area contributed by atoms with Gasteiger partial charge in [-0.25, -0.2) is 0 Å². The van der Waals surface area contributed by atoms with Crippen molar-refractivity contribution in [3.63, 3.8) is 0 Å². The van der Waals surface area contributed by atoms with E-state index in [1.807, 2.05) is 36.4 Å². The van der Waals surface area contributed by atoms with Gasteiger partial charge in [-0.1, -0.05) is 18.2 Å². The fraction of sp³-hybridized carbons (Fsp3) is 0.350. The number of amides is 1. The summed E-state index contributed by atoms with van der Waals surface area (Å²) in [5.41, 5.74) is 8.54. The first-order valence-corrected chi connectivity index (χ1v) is 8.64. The molecule has 1 aliphatic rings. The van der Waals surface area contributed by atoms with E-state index in [9.17, 15) is 4.79 Å². The summed E-state index contributed by atoms with van der Waals surface area (Å²) in [4.78, 5) is 14.5. The number of methoxy groups -OCH3 is 1. The van der Waals surface area contributed by atoms with Crippen molar-refractivity contribution in [3.05, 3.63) is 54.1 Å². The number of nitrogens with two attached hydrogens (primary N) is 1. The molecule has 0 spiro atoms. The van der Waals surface area contributed by atoms with Crippen molar-refractivity contribution in [1.82, 2.24) is 5.32 Å². The van der Waals surface area contributed by atoms with Crippen LogP contribution in [0.15, 0.2) is 48.5 Å². The van der Waals surface area contributed by atoms with Crippen molar-refractivity contribution in [2.45, 2.75) is 12.8 Å². The molecular formula is C20H25N3O2. The van der Waals surface area contributed by atoms with E-state index in [-0.39, 0.29) is 5.91 Å². The number of carbonyl (C=O) groups excluding carboxylic acids is 1. The second kappa shape index (κ2) is 7.92. The Labute approximate surface area is 148 Å². The molecule has 1 amide bonds. The zero-order valence-corrected chi connectivity index (χ0v) is 14.6. The van der Waals surface area contributed by atoms with Crippen LogP contribution in [-0.2, 0) is 11.2 Å². The SMILES string of the molecule is COc1cccc(N2CCC(CNC(=O)Cc3ccc(N)cc3)C2)c1. The van der Waals surface area contributed by atoms with E-state index in [1.54, 1.807) is 7.11 Å². The average Bonchev–Trinajstić information content (AvgIpc) is 3.11. The second-order valence-electron chi connectivity index (χ2n) is 6.52. The molecule has 2 aromatic rings. The number of nitrogens with zero attached hydrogens (tertiary/aromatic N) is 1. The zero-order chi connectivity index (χ0) is 17.6. The molecule has 5 heteroatoms. The number of nitrogens with one attached hydrogen (secondary N) is 1. The van der Waals surface area contributed by atoms with Gasteiger partial charge in [0.15, 0.2) is 0 Å². The molecule has 1 saturated heterocycles. The van der Waals surface area contributed by atoms with Gasteiger partial charge in [0.05, 0.1) is 13.5 Å². The molecule has 3 rings (SSSR count). The molecule has 1 aliphatic heterocycles. The van der Waals surface area contributed by atoms with E-state index in [2.05, 4.69) is 22.3 Å². The minimum absolute atomic E-state index is 0.0598. The van der Waals surface area contributed by atoms with Crippen molar-refractivity contribution < 1.29 is 9.53 Å². The highest BCUT2D eigenvalue weighted by Gasteiger charge is 2.23. The Morgan fingerprint density at radius 3 is 2.84 bits per heavy atom. The fourth-order valence-electron chi connectivity index (χ4n) is 3.18. The summed E-state index contributed by atoms with van der Waals surface area (Å²) in [5, 5.41) is 3.06. The molecular weight excluding hydrogens is 314 g/mol. The summed E-state index contributed by atoms with van der Waals surface area (Å²) in [5.74, 6) is 1.41. The fourth-order valence-corrected chi connectivity index (χ4v) is 3.18. The topological polar surface area (TPSA) is 67.6 Å². The number of nitrogen functional groups attached to an aromatic ring is 1. The Bertz CT molecular complexity index is 715. The van der Waals surface area contributed by atoms with Crippen LogP contribution in [-0.4, -0.2) is 32.7 Å². The van der Waals surface area contributed by atoms with Gasteiger partial charge < -0.3 is 20.7 Å². The second-order valence-corrected chi connectivity index (χ2v) is 6.52. The molecule has 132 valence electrons. The molecule has 5 nitrogen and oxygen atoms in total. The number of carbonyl (C=O) groups is 1. The van der Waals surface area contributed by atoms with Gasteiger partial charge in [0, 0.05) is 37.1 Å². The number of anilines is 2. The number of ether oxygens (including phenoxy) is 1. The van der Waals surface area contributed by atoms with Gasteiger partial charge in [-0.2, -0.15) is 0 Å². The van der Waals surface area contributed by atoms with Crippen molar-refractivity contribution in [1.29, 1.82) is 0 Å². The minimum atomic E-state index is 0.0598. The van der Waals surface area contributed by atoms with Crippen LogP contribution < -0.4 is 20.7 Å². The molecule has 0 aromatic heterocycles. The average molecular weight is 339 g/mol. The molecule has 1 atom stereocenters. The van der Waals surface area contributed by atoms with Crippen LogP contribution in [0.5, 0.6) is 5.75 Å². The molecule has 1 unspecified atom stereocenters. The lowest BCUT2D eigenvalue weighted by atomic mass is 10.1. The molecule has 3 N–H and O–H groups in total. The normalized spacial score (nSPS) is 16.7. The van der Waals surface area contributed by atoms with Crippen molar-refractivity contribution >= 4 is 17.3 Å². The minimum Gasteiger partial charge on any atom is -0.497 e. The largest absolute Gasteiger partial charge is 0.497 e. The van der Waals surface area contributed by atoms with Gasteiger partial charge in [-0.15, -0.1) is 0 Å². The summed E-state index contributed by atoms with van der Waals surface area (Å²) < 4.78 is 5.29. The van der Waals surface area contributed by atoms with Crippen molar-refractivity contribution in [2.75, 3.05) is 37.4 Å². The predicted molar refractivity (Wildman–Crippen MR) is 101 cm³/mol. The summed E-state index contributed by atoms with van der Waals surface area (Å²) >= 11 is 0. The lowest BCUT2D eigenvalue weighted by Gasteiger charge is -2.19. The molecule has 0 radical (unpaired) electrons. The Balaban J connectivity index is 1.46. The molecule has 2 aromatic carbocycles. The molecule has 1 fully saturated rings. The standard InChI is InChI=1S/C20H25N3O2/c1-25-19-4-2-3-18(12-19)23-10-9-16(14-23)13-22-20(24)11-15-5-7-17(21)8-6-15/h2-8,12,16H,9-11,13-14,21H2,1H3,(H,22,24). The summed E-state index contributed by atoms with van der Waals surface area (Å²) in [7, 11) is 1.68. The van der Waals surface area contributed by atoms with Crippen molar-refractivity contribution in [2.24, 2.45) is 5.92 Å². The summed E-state index contributed by atoms with van der Waals surface area (Å²) in [6, 6.07) is 15.6. The molecule has 1 heterocycles. The molecule has 0 aliphatic carbocycles. The monoisotopic (exact) mass is 339 g/mol. The first-order valence-electron chi connectivity index (χ1n) is 8.64. The smallest absolute Gasteiger partial charge is 0.224 e. The molecule has 25 heavy (non-hydrogen) atoms. The molecule has 0 bridgehead atoms. The number of hydrogen-bond acceptors (Lipinski definition) is 4. The lowest BCUT2D eigenvalue weighted by molar-refractivity contribution is -0.120. The highest BCUT2D eigenvalue weighted by Crippen LogP contribution is 2.26. The van der Waals surface area contributed by atoms with Crippen LogP contribution in [0.4, 0.5) is 11.4 Å². The van der Waals surface area contributed by atoms with Gasteiger partial charge in [-0.3, -0.25) is 4.79 Å². The van der Waals surface area contributed by atoms with E-state index < -0.39 is 0 Å². The van der Waals surface area contributed by atoms with Crippen LogP contribution in [0.25, 0.3) is 0 Å². The highest BCUT2D eigenvalue weighted by molar-refractivity contribution is 5.78. The van der Waals surface area contributed by atoms with E-state index in [0.29, 0.717) is 24.6 Å². The quantitative estimate of drug-likeness (QED) is 0.794. The molecule has 0 saturated carbocycles. The third-order valence-corrected chi connectivity index (χ3v) is 4.64. The first kappa shape index (κ1) is 17.1. The number of benzene rings is 2. The van der Waals surface area contributed by atoms with E-state index in [0.717, 1.165) is 30.8 Å². The van der Waals surface area contributed by atoms with E-state index in [1.165, 1.54) is 5.69 Å². The van der Waals surface area contributed by atoms with Gasteiger partial charge in [0.2, 0.25) is 5.91 Å². The maximum Gasteiger partial charge on any atom is 0.224 e. The number of rotatable bonds is 6. The predicted octanol–water partition coefficient (Wildman–Crippen LogP) is 2.46. The van der Waals surface area contributed by atoms with Crippen LogP contribution in [0.1, 0.15) is 12.0 Å². The maximum absolute atomic E-state index is 12.1. The maximum atomic E-state index is 12.1. The van der Waals surface area contributed by atoms with E-state index >= 15 is 0 Å². The van der Waals surface area contributed by atoms with Gasteiger partial charge in [0.1, 0.15) is 5.75 Å². The van der Waals surface area contributed by atoms with Crippen LogP contribution >= 0.6 is 0 Å². The summed E-state index contributed by atoms with van der Waals surface area (Å²) in [6.07, 6.45) is 1.48. The third-order valence-electron chi connectivity index (χ3n) is 4.64. The Kier molecular flexibility index (Phi) is 5.43. The van der Waals surface area contributed by atoms with Crippen molar-refractivity contribution in [3.8, 4) is 5.75 Å². The third kappa shape index (κ3) is 4.66. The Morgan fingerprint density at radius 2 is 2.08 bits per heavy atom. The zero-order valence-electron chi connectivity index (χ0n) is 14.6. The van der Waals surface area contributed by atoms with Crippen LogP contribution in [0.3, 0.4) is 0 Å². The Morgan fingerprint density at radius 1 is 1.28 bits per heavy atom. The lowest BCUT2D eigenvalue weighted by Crippen LogP contribution is -2.32. The van der Waals surface area contributed by atoms with Crippen LogP contribution in [0.2, 0.25) is 0 Å². The number of hydrogen-bond donors (Lipinski definition) is 2. The first-order chi connectivity index (χ1) is 12.1. The summed E-state index contributed by atoms with van der Waals surface area (Å²) in [6.45, 7) is 2.68. The van der Waals surface area contributed by atoms with Crippen LogP contribution in [0, 0.1) is 5.92 Å². The van der Waals surface area contributed by atoms with E-state index in [4.69, 9.17) is 10.5 Å². The van der Waals surface area contributed by atoms with Gasteiger partial charge in [-0.05, 0) is 42.2 Å². The Hall–Kier alpha value is -2.69.